The van der Waals surface area contributed by atoms with Crippen LogP contribution < -0.4 is 0 Å². The van der Waals surface area contributed by atoms with E-state index >= 15 is 0 Å². The second-order valence-electron chi connectivity index (χ2n) is 26.8. The molecule has 0 rings (SSSR count). The number of unbranched alkanes of at least 4 members (excludes halogenated alkanes) is 31. The molecular formula is C85H146O16P2. The molecule has 5 atom stereocenters. The Morgan fingerprint density at radius 1 is 0.282 bits per heavy atom. The number of hydrogen-bond acceptors (Lipinski definition) is 14. The number of phosphoric ester groups is 2. The van der Waals surface area contributed by atoms with Crippen molar-refractivity contribution < 1.29 is 75.8 Å². The van der Waals surface area contributed by atoms with Crippen LogP contribution in [0, 0.1) is 0 Å². The largest absolute Gasteiger partial charge is 0.472 e. The van der Waals surface area contributed by atoms with Gasteiger partial charge in [0.05, 0.1) is 26.4 Å². The smallest absolute Gasteiger partial charge is 0.463 e. The molecule has 16 nitrogen and oxygen atoms in total. The van der Waals surface area contributed by atoms with E-state index < -0.39 is 91.5 Å². The molecule has 0 saturated carbocycles. The maximum atomic E-state index is 12.9. The molecule has 0 aromatic rings. The average molecular weight is 1490 g/mol. The Morgan fingerprint density at radius 3 is 0.825 bits per heavy atom. The van der Waals surface area contributed by atoms with E-state index in [2.05, 4.69) is 154 Å². The van der Waals surface area contributed by atoms with Crippen LogP contribution in [0.4, 0.5) is 0 Å². The average Bonchev–Trinajstić information content (AvgIpc) is 0.925. The normalized spacial score (nSPS) is 14.7. The highest BCUT2D eigenvalue weighted by Gasteiger charge is 2.29. The number of aliphatic hydroxyl groups excluding tert-OH is 2. The van der Waals surface area contributed by atoms with Gasteiger partial charge in [-0.05, 0) is 116 Å². The minimum absolute atomic E-state index is 0.0985. The van der Waals surface area contributed by atoms with Crippen molar-refractivity contribution in [3.63, 3.8) is 0 Å². The Labute approximate surface area is 626 Å². The van der Waals surface area contributed by atoms with E-state index in [1.165, 1.54) is 135 Å². The molecule has 0 amide bonds. The van der Waals surface area contributed by atoms with Crippen molar-refractivity contribution in [3.05, 3.63) is 134 Å². The molecule has 0 aliphatic heterocycles. The quantitative estimate of drug-likeness (QED) is 0.0146. The maximum absolute atomic E-state index is 12.9. The second-order valence-corrected chi connectivity index (χ2v) is 29.7. The van der Waals surface area contributed by atoms with E-state index in [0.29, 0.717) is 19.3 Å². The van der Waals surface area contributed by atoms with E-state index in [0.717, 1.165) is 135 Å². The van der Waals surface area contributed by atoms with Gasteiger partial charge in [0.2, 0.25) is 0 Å². The van der Waals surface area contributed by atoms with E-state index in [9.17, 15) is 43.5 Å². The third-order valence-corrected chi connectivity index (χ3v) is 18.8. The van der Waals surface area contributed by atoms with Gasteiger partial charge >= 0.3 is 33.6 Å². The second kappa shape index (κ2) is 77.3. The summed E-state index contributed by atoms with van der Waals surface area (Å²) in [7, 11) is -9.79. The summed E-state index contributed by atoms with van der Waals surface area (Å²) >= 11 is 0. The maximum Gasteiger partial charge on any atom is 0.472 e. The number of ether oxygens (including phenoxy) is 3. The number of carbonyl (C=O) groups excluding carboxylic acids is 3. The summed E-state index contributed by atoms with van der Waals surface area (Å²) in [6, 6.07) is 0. The highest BCUT2D eigenvalue weighted by molar-refractivity contribution is 7.47. The van der Waals surface area contributed by atoms with Gasteiger partial charge in [0.25, 0.3) is 0 Å². The van der Waals surface area contributed by atoms with Crippen LogP contribution in [0.2, 0.25) is 0 Å². The Balaban J connectivity index is 4.39. The summed E-state index contributed by atoms with van der Waals surface area (Å²) in [5.41, 5.74) is 0. The van der Waals surface area contributed by atoms with Crippen molar-refractivity contribution >= 4 is 33.6 Å². The number of esters is 3. The van der Waals surface area contributed by atoms with Gasteiger partial charge in [-0.15, -0.1) is 0 Å². The number of phosphoric acid groups is 2. The first-order valence-corrected chi connectivity index (χ1v) is 43.5. The van der Waals surface area contributed by atoms with Gasteiger partial charge in [-0.25, -0.2) is 9.13 Å². The van der Waals surface area contributed by atoms with E-state index in [1.807, 2.05) is 0 Å². The molecule has 103 heavy (non-hydrogen) atoms. The summed E-state index contributed by atoms with van der Waals surface area (Å²) in [4.78, 5) is 58.6. The van der Waals surface area contributed by atoms with Crippen molar-refractivity contribution in [1.82, 2.24) is 0 Å². The summed E-state index contributed by atoms with van der Waals surface area (Å²) in [5, 5.41) is 20.6. The van der Waals surface area contributed by atoms with Crippen LogP contribution in [0.1, 0.15) is 329 Å². The number of carbonyl (C=O) groups is 3. The van der Waals surface area contributed by atoms with Crippen LogP contribution in [-0.4, -0.2) is 95.9 Å². The lowest BCUT2D eigenvalue weighted by atomic mass is 10.0. The number of allylic oxidation sites excluding steroid dienone is 22. The fourth-order valence-electron chi connectivity index (χ4n) is 10.8. The lowest BCUT2D eigenvalue weighted by Crippen LogP contribution is -2.30. The molecule has 0 fully saturated rings. The van der Waals surface area contributed by atoms with Crippen LogP contribution in [0.25, 0.3) is 0 Å². The third-order valence-electron chi connectivity index (χ3n) is 16.9. The standard InChI is InChI=1S/C85H146O16P2/c1-4-7-10-13-16-19-22-25-27-29-31-32-33-34-35-36-37-38-39-40-41-42-43-44-45-46-48-50-51-54-56-59-62-65-68-71-83(88)95-74-80(86)75-97-102(91,92)98-76-81(87)77-99-103(93,94)100-79-82(101-85(90)73-70-67-64-61-58-53-24-21-18-15-12-9-6-3)78-96-84(89)72-69-66-63-60-57-55-52-49-47-30-28-26-23-20-17-14-11-8-5-2/h7-8,10-11,16-17,19-20,25-28,31-32,34-35,37-38,47,49,55,57,80-82,86-87H,4-6,9,12-15,18,21-24,29-30,33,36,39-46,48,50-54,56,58-79H2,1-3H3,(H,91,92)(H,93,94)/b10-7-,11-8-,19-16-,20-17-,27-25-,28-26-,32-31-,35-34-,38-37-,49-47-,57-55-. The molecule has 4 N–H and O–H groups in total. The molecule has 0 heterocycles. The molecule has 0 aliphatic carbocycles. The molecule has 0 aliphatic rings. The Hall–Kier alpha value is -4.31. The molecule has 5 unspecified atom stereocenters. The molecule has 592 valence electrons. The fourth-order valence-corrected chi connectivity index (χ4v) is 12.4. The van der Waals surface area contributed by atoms with E-state index in [1.54, 1.807) is 0 Å². The summed E-state index contributed by atoms with van der Waals surface area (Å²) in [6.45, 7) is 2.43. The van der Waals surface area contributed by atoms with Gasteiger partial charge in [-0.3, -0.25) is 32.5 Å². The zero-order chi connectivity index (χ0) is 75.2. The molecule has 0 aromatic carbocycles. The minimum atomic E-state index is -4.93. The number of hydrogen-bond donors (Lipinski definition) is 4. The van der Waals surface area contributed by atoms with Crippen LogP contribution in [-0.2, 0) is 55.8 Å². The van der Waals surface area contributed by atoms with Gasteiger partial charge in [-0.1, -0.05) is 328 Å². The third kappa shape index (κ3) is 78.6. The van der Waals surface area contributed by atoms with Crippen molar-refractivity contribution in [2.24, 2.45) is 0 Å². The first kappa shape index (κ1) is 98.7. The van der Waals surface area contributed by atoms with Gasteiger partial charge in [0, 0.05) is 19.3 Å². The monoisotopic (exact) mass is 1490 g/mol. The summed E-state index contributed by atoms with van der Waals surface area (Å²) in [5.74, 6) is -1.60. The minimum Gasteiger partial charge on any atom is -0.463 e. The molecule has 0 bridgehead atoms. The van der Waals surface area contributed by atoms with E-state index in [4.69, 9.17) is 32.3 Å². The van der Waals surface area contributed by atoms with Crippen molar-refractivity contribution in [1.29, 1.82) is 0 Å². The van der Waals surface area contributed by atoms with Crippen LogP contribution in [0.15, 0.2) is 134 Å². The first-order valence-electron chi connectivity index (χ1n) is 40.5. The van der Waals surface area contributed by atoms with Gasteiger partial charge in [0.15, 0.2) is 6.10 Å². The molecule has 0 aromatic heterocycles. The Morgan fingerprint density at radius 2 is 0.515 bits per heavy atom. The fraction of sp³-hybridized carbons (Fsp3) is 0.706. The zero-order valence-electron chi connectivity index (χ0n) is 64.7. The van der Waals surface area contributed by atoms with Crippen LogP contribution >= 0.6 is 15.6 Å². The molecule has 0 radical (unpaired) electrons. The summed E-state index contributed by atoms with van der Waals surface area (Å²) < 4.78 is 61.1. The molecular weight excluding hydrogens is 1340 g/mol. The summed E-state index contributed by atoms with van der Waals surface area (Å²) in [6.07, 6.45) is 93.8. The van der Waals surface area contributed by atoms with Gasteiger partial charge in [-0.2, -0.15) is 0 Å². The lowest BCUT2D eigenvalue weighted by molar-refractivity contribution is -0.161. The molecule has 0 saturated heterocycles. The predicted molar refractivity (Wildman–Crippen MR) is 426 cm³/mol. The van der Waals surface area contributed by atoms with Crippen molar-refractivity contribution in [2.45, 2.75) is 347 Å². The van der Waals surface area contributed by atoms with Crippen molar-refractivity contribution in [2.75, 3.05) is 39.6 Å². The van der Waals surface area contributed by atoms with Crippen LogP contribution in [0.3, 0.4) is 0 Å². The number of rotatable bonds is 76. The van der Waals surface area contributed by atoms with Crippen molar-refractivity contribution in [3.8, 4) is 0 Å². The Bertz CT molecular complexity index is 2410. The molecule has 18 heteroatoms. The first-order chi connectivity index (χ1) is 50.2. The van der Waals surface area contributed by atoms with Crippen LogP contribution in [0.5, 0.6) is 0 Å². The highest BCUT2D eigenvalue weighted by Crippen LogP contribution is 2.45. The lowest BCUT2D eigenvalue weighted by Gasteiger charge is -2.21. The van der Waals surface area contributed by atoms with Gasteiger partial charge < -0.3 is 34.2 Å². The zero-order valence-corrected chi connectivity index (χ0v) is 66.5. The Kier molecular flexibility index (Phi) is 74.1. The molecule has 0 spiro atoms. The predicted octanol–water partition coefficient (Wildman–Crippen LogP) is 23.9. The number of aliphatic hydroxyl groups is 2. The van der Waals surface area contributed by atoms with E-state index in [-0.39, 0.29) is 19.3 Å². The van der Waals surface area contributed by atoms with Gasteiger partial charge in [0.1, 0.15) is 25.4 Å². The highest BCUT2D eigenvalue weighted by atomic mass is 31.2. The topological polar surface area (TPSA) is 231 Å². The SMILES string of the molecule is CC/C=C\C/C=C\C/C=C\C/C=C\C/C=C\C/C=C\CCCCCCCCCCCCCCCCCCC(=O)OCC(O)COP(=O)(O)OCC(O)COP(=O)(O)OCC(COC(=O)CCCCC/C=C\C/C=C\C/C=C\C/C=C\C/C=C\CC)OC(=O)CCCCCCCCCCCCCCC.